The Labute approximate surface area is 193 Å². The summed E-state index contributed by atoms with van der Waals surface area (Å²) in [4.78, 5) is 49.6. The summed E-state index contributed by atoms with van der Waals surface area (Å²) in [5.41, 5.74) is 1.23. The molecule has 4 amide bonds. The van der Waals surface area contributed by atoms with Crippen molar-refractivity contribution in [3.63, 3.8) is 0 Å². The van der Waals surface area contributed by atoms with Crippen LogP contribution in [0, 0.1) is 0 Å². The van der Waals surface area contributed by atoms with Crippen LogP contribution in [0.25, 0.3) is 6.08 Å². The number of anilines is 1. The Kier molecular flexibility index (Phi) is 6.09. The predicted molar refractivity (Wildman–Crippen MR) is 121 cm³/mol. The highest BCUT2D eigenvalue weighted by atomic mass is 16.5. The summed E-state index contributed by atoms with van der Waals surface area (Å²) in [7, 11) is 0. The number of ether oxygens (including phenoxy) is 1. The largest absolute Gasteiger partial charge is 0.508 e. The molecular weight excluding hydrogens is 440 g/mol. The first-order valence-corrected chi connectivity index (χ1v) is 10.1. The molecule has 0 unspecified atom stereocenters. The fourth-order valence-corrected chi connectivity index (χ4v) is 3.29. The number of carboxylic acids is 1. The van der Waals surface area contributed by atoms with Crippen molar-refractivity contribution < 1.29 is 34.1 Å². The molecule has 170 valence electrons. The van der Waals surface area contributed by atoms with Gasteiger partial charge in [0.05, 0.1) is 11.3 Å². The molecule has 3 N–H and O–H groups in total. The van der Waals surface area contributed by atoms with E-state index in [0.717, 1.165) is 10.5 Å². The van der Waals surface area contributed by atoms with E-state index in [1.807, 2.05) is 0 Å². The average molecular weight is 458 g/mol. The van der Waals surface area contributed by atoms with Crippen LogP contribution in [0.5, 0.6) is 11.5 Å². The smallest absolute Gasteiger partial charge is 0.335 e. The van der Waals surface area contributed by atoms with Crippen molar-refractivity contribution in [2.45, 2.75) is 6.61 Å². The Morgan fingerprint density at radius 3 is 2.29 bits per heavy atom. The fraction of sp³-hybridized carbons (Fsp3) is 0.0400. The Hall–Kier alpha value is -4.92. The molecule has 0 radical (unpaired) electrons. The topological polar surface area (TPSA) is 133 Å². The number of imide groups is 2. The van der Waals surface area contributed by atoms with Gasteiger partial charge < -0.3 is 14.9 Å². The Morgan fingerprint density at radius 2 is 1.62 bits per heavy atom. The number of hydrogen-bond acceptors (Lipinski definition) is 6. The number of nitrogens with one attached hydrogen (secondary N) is 1. The summed E-state index contributed by atoms with van der Waals surface area (Å²) in [6.07, 6.45) is 1.33. The number of benzene rings is 3. The number of nitrogens with zero attached hydrogens (tertiary/aromatic N) is 1. The number of phenols is 1. The van der Waals surface area contributed by atoms with Crippen molar-refractivity contribution in [1.82, 2.24) is 5.32 Å². The third-order valence-corrected chi connectivity index (χ3v) is 5.02. The maximum absolute atomic E-state index is 13.0. The van der Waals surface area contributed by atoms with Crippen LogP contribution in [0.4, 0.5) is 10.5 Å². The van der Waals surface area contributed by atoms with Gasteiger partial charge in [-0.1, -0.05) is 30.3 Å². The van der Waals surface area contributed by atoms with E-state index < -0.39 is 23.8 Å². The zero-order valence-corrected chi connectivity index (χ0v) is 17.6. The van der Waals surface area contributed by atoms with Crippen molar-refractivity contribution in [2.24, 2.45) is 0 Å². The number of rotatable bonds is 6. The minimum atomic E-state index is -1.03. The summed E-state index contributed by atoms with van der Waals surface area (Å²) < 4.78 is 5.84. The van der Waals surface area contributed by atoms with Gasteiger partial charge in [0, 0.05) is 5.56 Å². The van der Waals surface area contributed by atoms with Gasteiger partial charge in [-0.25, -0.2) is 14.5 Å². The Balaban J connectivity index is 1.59. The second-order valence-electron chi connectivity index (χ2n) is 7.30. The van der Waals surface area contributed by atoms with E-state index in [-0.39, 0.29) is 29.2 Å². The fourth-order valence-electron chi connectivity index (χ4n) is 3.29. The second kappa shape index (κ2) is 9.29. The van der Waals surface area contributed by atoms with Gasteiger partial charge in [0.25, 0.3) is 11.8 Å². The summed E-state index contributed by atoms with van der Waals surface area (Å²) in [5, 5.41) is 20.6. The number of urea groups is 1. The van der Waals surface area contributed by atoms with Crippen molar-refractivity contribution in [3.05, 3.63) is 95.1 Å². The predicted octanol–water partition coefficient (Wildman–Crippen LogP) is 3.34. The molecule has 34 heavy (non-hydrogen) atoms. The van der Waals surface area contributed by atoms with E-state index in [4.69, 9.17) is 9.84 Å². The first-order valence-electron chi connectivity index (χ1n) is 10.1. The van der Waals surface area contributed by atoms with Gasteiger partial charge in [-0.05, 0) is 54.1 Å². The first kappa shape index (κ1) is 22.3. The number of para-hydroxylation sites is 1. The zero-order valence-electron chi connectivity index (χ0n) is 17.6. The van der Waals surface area contributed by atoms with E-state index in [1.54, 1.807) is 36.4 Å². The molecule has 0 spiro atoms. The lowest BCUT2D eigenvalue weighted by Crippen LogP contribution is -2.54. The highest BCUT2D eigenvalue weighted by Crippen LogP contribution is 2.27. The van der Waals surface area contributed by atoms with E-state index in [1.165, 1.54) is 42.5 Å². The lowest BCUT2D eigenvalue weighted by atomic mass is 10.1. The van der Waals surface area contributed by atoms with Gasteiger partial charge >= 0.3 is 12.0 Å². The van der Waals surface area contributed by atoms with Gasteiger partial charge in [-0.3, -0.25) is 14.9 Å². The standard InChI is InChI=1S/C25H18N2O7/c28-19-11-9-18(10-12-19)27-23(30)20(22(29)26-25(27)33)13-17-3-1-2-4-21(17)34-14-15-5-7-16(8-6-15)24(31)32/h1-13,28H,14H2,(H,31,32)(H,26,29,33)/b20-13-. The van der Waals surface area contributed by atoms with Crippen LogP contribution >= 0.6 is 0 Å². The van der Waals surface area contributed by atoms with Crippen LogP contribution in [0.2, 0.25) is 0 Å². The lowest BCUT2D eigenvalue weighted by Gasteiger charge is -2.26. The lowest BCUT2D eigenvalue weighted by molar-refractivity contribution is -0.122. The van der Waals surface area contributed by atoms with E-state index in [9.17, 15) is 24.3 Å². The maximum atomic E-state index is 13.0. The second-order valence-corrected chi connectivity index (χ2v) is 7.30. The van der Waals surface area contributed by atoms with Crippen molar-refractivity contribution in [1.29, 1.82) is 0 Å². The SMILES string of the molecule is O=C1NC(=O)N(c2ccc(O)cc2)C(=O)/C1=C\c1ccccc1OCc1ccc(C(=O)O)cc1. The Morgan fingerprint density at radius 1 is 0.941 bits per heavy atom. The third-order valence-electron chi connectivity index (χ3n) is 5.02. The molecule has 1 fully saturated rings. The quantitative estimate of drug-likeness (QED) is 0.381. The average Bonchev–Trinajstić information content (AvgIpc) is 2.82. The van der Waals surface area contributed by atoms with Gasteiger partial charge in [0.2, 0.25) is 0 Å². The normalized spacial score (nSPS) is 14.8. The molecule has 0 saturated carbocycles. The number of carbonyl (C=O) groups excluding carboxylic acids is 3. The first-order chi connectivity index (χ1) is 16.3. The van der Waals surface area contributed by atoms with E-state index >= 15 is 0 Å². The molecule has 3 aromatic rings. The monoisotopic (exact) mass is 458 g/mol. The number of carboxylic acid groups (broad SMARTS) is 1. The number of phenolic OH excluding ortho intramolecular Hbond substituents is 1. The number of amides is 4. The molecule has 3 aromatic carbocycles. The summed E-state index contributed by atoms with van der Waals surface area (Å²) in [6.45, 7) is 0.123. The molecule has 0 aliphatic carbocycles. The Bertz CT molecular complexity index is 1310. The van der Waals surface area contributed by atoms with Crippen molar-refractivity contribution in [2.75, 3.05) is 4.90 Å². The molecule has 1 saturated heterocycles. The maximum Gasteiger partial charge on any atom is 0.335 e. The number of aromatic hydroxyl groups is 1. The molecular formula is C25H18N2O7. The molecule has 0 aromatic heterocycles. The number of hydrogen-bond donors (Lipinski definition) is 3. The molecule has 1 aliphatic heterocycles. The van der Waals surface area contributed by atoms with Crippen molar-refractivity contribution >= 4 is 35.6 Å². The van der Waals surface area contributed by atoms with Gasteiger partial charge in [-0.15, -0.1) is 0 Å². The molecule has 1 heterocycles. The number of aromatic carboxylic acids is 1. The van der Waals surface area contributed by atoms with Gasteiger partial charge in [-0.2, -0.15) is 0 Å². The molecule has 0 atom stereocenters. The summed E-state index contributed by atoms with van der Waals surface area (Å²) in [5.74, 6) is -2.35. The van der Waals surface area contributed by atoms with Gasteiger partial charge in [0.15, 0.2) is 0 Å². The van der Waals surface area contributed by atoms with E-state index in [0.29, 0.717) is 11.3 Å². The van der Waals surface area contributed by atoms with Crippen LogP contribution in [0.15, 0.2) is 78.4 Å². The summed E-state index contributed by atoms with van der Waals surface area (Å²) in [6, 6.07) is 17.4. The number of carbonyl (C=O) groups is 4. The van der Waals surface area contributed by atoms with Crippen LogP contribution in [0.1, 0.15) is 21.5 Å². The van der Waals surface area contributed by atoms with Crippen LogP contribution in [-0.2, 0) is 16.2 Å². The molecule has 4 rings (SSSR count). The molecule has 9 heteroatoms. The molecule has 1 aliphatic rings. The van der Waals surface area contributed by atoms with Crippen LogP contribution in [0.3, 0.4) is 0 Å². The van der Waals surface area contributed by atoms with Crippen LogP contribution in [-0.4, -0.2) is 34.0 Å². The molecule has 0 bridgehead atoms. The van der Waals surface area contributed by atoms with Crippen molar-refractivity contribution in [3.8, 4) is 11.5 Å². The molecule has 9 nitrogen and oxygen atoms in total. The minimum Gasteiger partial charge on any atom is -0.508 e. The summed E-state index contributed by atoms with van der Waals surface area (Å²) >= 11 is 0. The highest BCUT2D eigenvalue weighted by molar-refractivity contribution is 6.39. The van der Waals surface area contributed by atoms with E-state index in [2.05, 4.69) is 5.32 Å². The number of barbiturate groups is 1. The highest BCUT2D eigenvalue weighted by Gasteiger charge is 2.37. The zero-order chi connectivity index (χ0) is 24.2. The minimum absolute atomic E-state index is 0.0378. The third kappa shape index (κ3) is 4.63. The van der Waals surface area contributed by atoms with Crippen LogP contribution < -0.4 is 15.0 Å². The van der Waals surface area contributed by atoms with Gasteiger partial charge in [0.1, 0.15) is 23.7 Å².